The van der Waals surface area contributed by atoms with Gasteiger partial charge in [-0.1, -0.05) is 27.7 Å². The van der Waals surface area contributed by atoms with Crippen molar-refractivity contribution in [2.45, 2.75) is 95.9 Å². The van der Waals surface area contributed by atoms with E-state index in [9.17, 15) is 9.90 Å². The van der Waals surface area contributed by atoms with E-state index in [1.807, 2.05) is 24.4 Å². The molecule has 41 heavy (non-hydrogen) atoms. The molecule has 8 heteroatoms. The summed E-state index contributed by atoms with van der Waals surface area (Å²) in [7, 11) is 1.65. The first-order valence-electron chi connectivity index (χ1n) is 15.2. The second-order valence-electron chi connectivity index (χ2n) is 13.0. The lowest BCUT2D eigenvalue weighted by Gasteiger charge is -2.29. The first-order valence-corrected chi connectivity index (χ1v) is 15.2. The van der Waals surface area contributed by atoms with Crippen molar-refractivity contribution < 1.29 is 19.4 Å². The van der Waals surface area contributed by atoms with Crippen LogP contribution in [-0.2, 0) is 27.0 Å². The highest BCUT2D eigenvalue weighted by atomic mass is 16.5. The number of hydrogen-bond acceptors (Lipinski definition) is 7. The van der Waals surface area contributed by atoms with E-state index in [0.717, 1.165) is 62.2 Å². The minimum absolute atomic E-state index is 0.0388. The summed E-state index contributed by atoms with van der Waals surface area (Å²) in [5, 5.41) is 21.7. The summed E-state index contributed by atoms with van der Waals surface area (Å²) in [6.45, 7) is 11.8. The predicted molar refractivity (Wildman–Crippen MR) is 163 cm³/mol. The van der Waals surface area contributed by atoms with Crippen molar-refractivity contribution in [2.75, 3.05) is 38.7 Å². The van der Waals surface area contributed by atoms with Crippen LogP contribution in [0.4, 0.5) is 5.69 Å². The van der Waals surface area contributed by atoms with Gasteiger partial charge in [0.15, 0.2) is 0 Å². The van der Waals surface area contributed by atoms with Gasteiger partial charge < -0.3 is 30.5 Å². The number of ether oxygens (including phenoxy) is 2. The van der Waals surface area contributed by atoms with Gasteiger partial charge in [0.25, 0.3) is 5.91 Å². The number of carbonyl (C=O) groups excluding carboxylic acids is 1. The highest BCUT2D eigenvalue weighted by Crippen LogP contribution is 2.45. The molecule has 0 unspecified atom stereocenters. The van der Waals surface area contributed by atoms with Crippen LogP contribution in [0.15, 0.2) is 36.5 Å². The fourth-order valence-corrected chi connectivity index (χ4v) is 5.49. The number of rotatable bonds is 7. The molecule has 1 aliphatic carbocycles. The molecule has 2 aliphatic rings. The molecule has 1 aromatic heterocycles. The minimum Gasteiger partial charge on any atom is -0.390 e. The number of aromatic nitrogens is 1. The highest BCUT2D eigenvalue weighted by molar-refractivity contribution is 5.95. The number of pyridine rings is 1. The largest absolute Gasteiger partial charge is 0.390 e. The topological polar surface area (TPSA) is 105 Å². The molecule has 226 valence electrons. The number of nitrogens with zero attached hydrogens (tertiary/aromatic N) is 1. The first kappa shape index (κ1) is 31.4. The maximum atomic E-state index is 13.6. The van der Waals surface area contributed by atoms with Crippen molar-refractivity contribution in [2.24, 2.45) is 5.92 Å². The summed E-state index contributed by atoms with van der Waals surface area (Å²) in [4.78, 5) is 18.3. The van der Waals surface area contributed by atoms with Gasteiger partial charge in [-0.25, -0.2) is 0 Å². The van der Waals surface area contributed by atoms with Crippen LogP contribution in [0.3, 0.4) is 0 Å². The Bertz CT molecular complexity index is 1140. The van der Waals surface area contributed by atoms with Gasteiger partial charge in [0.05, 0.1) is 30.0 Å². The molecular weight excluding hydrogens is 516 g/mol. The Kier molecular flexibility index (Phi) is 10.8. The first-order chi connectivity index (χ1) is 19.6. The molecule has 1 saturated carbocycles. The summed E-state index contributed by atoms with van der Waals surface area (Å²) in [5.74, 6) is 0.0891. The number of aliphatic hydroxyl groups excluding tert-OH is 1. The zero-order chi connectivity index (χ0) is 29.5. The lowest BCUT2D eigenvalue weighted by molar-refractivity contribution is 0.0751. The third kappa shape index (κ3) is 8.98. The number of aliphatic hydroxyl groups is 1. The number of nitrogens with one attached hydrogen (secondary N) is 3. The molecule has 0 radical (unpaired) electrons. The van der Waals surface area contributed by atoms with Gasteiger partial charge in [-0.05, 0) is 91.3 Å². The van der Waals surface area contributed by atoms with Crippen LogP contribution >= 0.6 is 0 Å². The van der Waals surface area contributed by atoms with Crippen molar-refractivity contribution in [1.29, 1.82) is 0 Å². The molecule has 0 spiro atoms. The van der Waals surface area contributed by atoms with Crippen LogP contribution in [0.25, 0.3) is 0 Å². The van der Waals surface area contributed by atoms with Crippen LogP contribution in [0.5, 0.6) is 0 Å². The molecule has 2 bridgehead atoms. The summed E-state index contributed by atoms with van der Waals surface area (Å²) in [6, 6.07) is 9.65. The number of benzene rings is 1. The average Bonchev–Trinajstić information content (AvgIpc) is 3.73. The number of fused-ring (bicyclic) bond motifs is 2. The van der Waals surface area contributed by atoms with Gasteiger partial charge in [-0.2, -0.15) is 0 Å². The molecule has 1 fully saturated rings. The molecule has 3 atom stereocenters. The third-order valence-electron chi connectivity index (χ3n) is 8.32. The lowest BCUT2D eigenvalue weighted by Crippen LogP contribution is -2.50. The maximum Gasteiger partial charge on any atom is 0.251 e. The lowest BCUT2D eigenvalue weighted by atomic mass is 9.86. The van der Waals surface area contributed by atoms with E-state index in [2.05, 4.69) is 55.8 Å². The Morgan fingerprint density at radius 3 is 2.73 bits per heavy atom. The van der Waals surface area contributed by atoms with Crippen LogP contribution < -0.4 is 16.0 Å². The maximum absolute atomic E-state index is 13.6. The molecule has 8 nitrogen and oxygen atoms in total. The summed E-state index contributed by atoms with van der Waals surface area (Å²) >= 11 is 0. The van der Waals surface area contributed by atoms with E-state index in [0.29, 0.717) is 31.7 Å². The number of anilines is 1. The number of hydrogen-bond donors (Lipinski definition) is 4. The number of amides is 1. The van der Waals surface area contributed by atoms with Crippen LogP contribution in [0.2, 0.25) is 0 Å². The van der Waals surface area contributed by atoms with Crippen molar-refractivity contribution in [3.05, 3.63) is 58.9 Å². The van der Waals surface area contributed by atoms with Gasteiger partial charge in [-0.3, -0.25) is 9.78 Å². The molecule has 1 aliphatic heterocycles. The minimum atomic E-state index is -0.760. The van der Waals surface area contributed by atoms with Crippen LogP contribution in [-0.4, -0.2) is 61.6 Å². The summed E-state index contributed by atoms with van der Waals surface area (Å²) in [6.07, 6.45) is 6.60. The van der Waals surface area contributed by atoms with E-state index < -0.39 is 12.1 Å². The van der Waals surface area contributed by atoms with Crippen LogP contribution in [0, 0.1) is 5.92 Å². The Hall–Kier alpha value is -2.52. The van der Waals surface area contributed by atoms with Gasteiger partial charge >= 0.3 is 0 Å². The fourth-order valence-electron chi connectivity index (χ4n) is 5.49. The normalized spacial score (nSPS) is 22.8. The molecule has 4 rings (SSSR count). The second kappa shape index (κ2) is 14.1. The Balaban J connectivity index is 1.50. The van der Waals surface area contributed by atoms with Gasteiger partial charge in [0, 0.05) is 50.9 Å². The molecule has 1 aromatic carbocycles. The second-order valence-corrected chi connectivity index (χ2v) is 13.0. The van der Waals surface area contributed by atoms with Crippen molar-refractivity contribution in [1.82, 2.24) is 15.6 Å². The summed E-state index contributed by atoms with van der Waals surface area (Å²) in [5.41, 5.74) is 4.49. The van der Waals surface area contributed by atoms with Crippen molar-refractivity contribution in [3.8, 4) is 0 Å². The third-order valence-corrected chi connectivity index (χ3v) is 8.32. The van der Waals surface area contributed by atoms with E-state index >= 15 is 0 Å². The van der Waals surface area contributed by atoms with E-state index in [1.54, 1.807) is 7.11 Å². The Morgan fingerprint density at radius 2 is 2.00 bits per heavy atom. The SMILES string of the molecule is COCc1cc2cc(c1)C(=O)N[C@H]([C@H](O)CNC1(c3cc(C(C)(C)C)ccn3)CC1)C[C@H](C)CCOCCCCN2. The number of carbonyl (C=O) groups is 1. The predicted octanol–water partition coefficient (Wildman–Crippen LogP) is 4.90. The zero-order valence-electron chi connectivity index (χ0n) is 25.6. The average molecular weight is 567 g/mol. The smallest absolute Gasteiger partial charge is 0.251 e. The fraction of sp³-hybridized carbons (Fsp3) is 0.636. The Morgan fingerprint density at radius 1 is 1.20 bits per heavy atom. The van der Waals surface area contributed by atoms with Crippen molar-refractivity contribution >= 4 is 11.6 Å². The van der Waals surface area contributed by atoms with Crippen molar-refractivity contribution in [3.63, 3.8) is 0 Å². The Labute approximate surface area is 246 Å². The van der Waals surface area contributed by atoms with Gasteiger partial charge in [0.2, 0.25) is 0 Å². The monoisotopic (exact) mass is 566 g/mol. The number of methoxy groups -OCH3 is 1. The van der Waals surface area contributed by atoms with E-state index in [-0.39, 0.29) is 22.8 Å². The molecule has 4 N–H and O–H groups in total. The van der Waals surface area contributed by atoms with Crippen LogP contribution in [0.1, 0.15) is 93.4 Å². The zero-order valence-corrected chi connectivity index (χ0v) is 25.6. The molecule has 1 amide bonds. The van der Waals surface area contributed by atoms with E-state index in [1.165, 1.54) is 5.56 Å². The van der Waals surface area contributed by atoms with Gasteiger partial charge in [0.1, 0.15) is 0 Å². The molecule has 2 aromatic rings. The quantitative estimate of drug-likeness (QED) is 0.378. The highest BCUT2D eigenvalue weighted by Gasteiger charge is 2.46. The molecule has 0 saturated heterocycles. The van der Waals surface area contributed by atoms with E-state index in [4.69, 9.17) is 14.5 Å². The summed E-state index contributed by atoms with van der Waals surface area (Å²) < 4.78 is 11.2. The molecule has 2 heterocycles. The van der Waals surface area contributed by atoms with Gasteiger partial charge in [-0.15, -0.1) is 0 Å². The molecular formula is C33H50N4O4. The standard InChI is InChI=1S/C33H50N4O4/c1-23-9-15-41-14-7-6-12-34-27-18-24(22-40-5)17-25(19-27)31(39)37-28(16-23)29(38)21-36-33(10-11-33)30-20-26(8-13-35-30)32(2,3)4/h8,13,17-20,23,28-29,34,36,38H,6-7,9-12,14-16,21-22H2,1-5H3,(H,37,39)/t23-,28+,29-/m1/s1.